The zero-order valence-electron chi connectivity index (χ0n) is 18.2. The molecule has 7 heteroatoms. The quantitative estimate of drug-likeness (QED) is 0.216. The number of hydrogen-bond acceptors (Lipinski definition) is 7. The molecule has 0 amide bonds. The van der Waals surface area contributed by atoms with Gasteiger partial charge in [-0.05, 0) is 29.3 Å². The smallest absolute Gasteiger partial charge is 0.349 e. The molecule has 166 valence electrons. The van der Waals surface area contributed by atoms with Crippen LogP contribution in [0.15, 0.2) is 71.6 Å². The van der Waals surface area contributed by atoms with Gasteiger partial charge in [-0.2, -0.15) is 5.26 Å². The number of methoxy groups -OCH3 is 2. The highest BCUT2D eigenvalue weighted by atomic mass is 32.2. The van der Waals surface area contributed by atoms with E-state index in [-0.39, 0.29) is 12.6 Å². The number of carbonyl (C=O) groups excluding carboxylic acids is 1. The van der Waals surface area contributed by atoms with Crippen LogP contribution in [0.2, 0.25) is 0 Å². The van der Waals surface area contributed by atoms with Gasteiger partial charge < -0.3 is 14.2 Å². The molecule has 3 aromatic carbocycles. The third kappa shape index (κ3) is 5.14. The summed E-state index contributed by atoms with van der Waals surface area (Å²) in [5.41, 5.74) is 2.61. The first-order chi connectivity index (χ1) is 16.1. The van der Waals surface area contributed by atoms with Crippen LogP contribution in [0.1, 0.15) is 26.4 Å². The Morgan fingerprint density at radius 3 is 2.33 bits per heavy atom. The first-order valence-corrected chi connectivity index (χ1v) is 11.9. The first-order valence-electron chi connectivity index (χ1n) is 10.1. The van der Waals surface area contributed by atoms with E-state index in [0.717, 1.165) is 26.1 Å². The topological polar surface area (TPSA) is 68.5 Å². The van der Waals surface area contributed by atoms with Gasteiger partial charge in [0.1, 0.15) is 11.5 Å². The van der Waals surface area contributed by atoms with E-state index in [2.05, 4.69) is 6.07 Å². The number of hydrogen-bond donors (Lipinski definition) is 0. The number of ether oxygens (including phenoxy) is 3. The lowest BCUT2D eigenvalue weighted by atomic mass is 10.2. The summed E-state index contributed by atoms with van der Waals surface area (Å²) < 4.78 is 17.5. The van der Waals surface area contributed by atoms with Gasteiger partial charge >= 0.3 is 5.97 Å². The normalized spacial score (nSPS) is 10.6. The van der Waals surface area contributed by atoms with Crippen molar-refractivity contribution in [3.05, 3.63) is 88.3 Å². The van der Waals surface area contributed by atoms with Crippen molar-refractivity contribution in [2.45, 2.75) is 17.3 Å². The van der Waals surface area contributed by atoms with Crippen LogP contribution >= 0.6 is 23.1 Å². The second kappa shape index (κ2) is 10.4. The number of nitrogens with zero attached hydrogens (tertiary/aromatic N) is 1. The number of carbonyl (C=O) groups is 1. The molecule has 4 aromatic rings. The summed E-state index contributed by atoms with van der Waals surface area (Å²) in [6.07, 6.45) is 0. The van der Waals surface area contributed by atoms with E-state index < -0.39 is 0 Å². The molecule has 5 nitrogen and oxygen atoms in total. The highest BCUT2D eigenvalue weighted by molar-refractivity contribution is 7.99. The van der Waals surface area contributed by atoms with Crippen LogP contribution < -0.4 is 9.47 Å². The Balaban J connectivity index is 1.67. The third-order valence-electron chi connectivity index (χ3n) is 5.01. The molecule has 33 heavy (non-hydrogen) atoms. The van der Waals surface area contributed by atoms with Crippen molar-refractivity contribution in [1.29, 1.82) is 5.26 Å². The van der Waals surface area contributed by atoms with Crippen molar-refractivity contribution in [1.82, 2.24) is 0 Å². The predicted octanol–water partition coefficient (Wildman–Crippen LogP) is 6.44. The van der Waals surface area contributed by atoms with Gasteiger partial charge in [0, 0.05) is 26.8 Å². The Hall–Kier alpha value is -3.47. The molecule has 0 N–H and O–H groups in total. The van der Waals surface area contributed by atoms with Crippen molar-refractivity contribution in [3.63, 3.8) is 0 Å². The Kier molecular flexibility index (Phi) is 7.18. The van der Waals surface area contributed by atoms with Crippen LogP contribution in [0, 0.1) is 11.3 Å². The Labute approximate surface area is 200 Å². The maximum atomic E-state index is 13.1. The largest absolute Gasteiger partial charge is 0.493 e. The average molecular weight is 476 g/mol. The summed E-state index contributed by atoms with van der Waals surface area (Å²) >= 11 is 2.95. The minimum Gasteiger partial charge on any atom is -0.493 e. The first kappa shape index (κ1) is 22.7. The number of fused-ring (bicyclic) bond motifs is 1. The summed E-state index contributed by atoms with van der Waals surface area (Å²) in [5, 5.41) is 9.94. The second-order valence-electron chi connectivity index (χ2n) is 7.12. The van der Waals surface area contributed by atoms with Crippen molar-refractivity contribution in [3.8, 4) is 17.6 Å². The molecule has 0 bridgehead atoms. The monoisotopic (exact) mass is 475 g/mol. The average Bonchev–Trinajstić information content (AvgIpc) is 3.23. The van der Waals surface area contributed by atoms with E-state index >= 15 is 0 Å². The Bertz CT molecular complexity index is 1310. The fourth-order valence-corrected chi connectivity index (χ4v) is 5.71. The molecular formula is C26H21NO4S2. The molecular weight excluding hydrogens is 454 g/mol. The van der Waals surface area contributed by atoms with Gasteiger partial charge in [0.15, 0.2) is 11.5 Å². The maximum Gasteiger partial charge on any atom is 0.349 e. The minimum atomic E-state index is -0.361. The highest BCUT2D eigenvalue weighted by Crippen LogP contribution is 2.44. The van der Waals surface area contributed by atoms with Crippen LogP contribution in [0.25, 0.3) is 10.1 Å². The van der Waals surface area contributed by atoms with Crippen molar-refractivity contribution >= 4 is 39.2 Å². The molecule has 0 spiro atoms. The van der Waals surface area contributed by atoms with Crippen LogP contribution in [-0.2, 0) is 17.1 Å². The highest BCUT2D eigenvalue weighted by Gasteiger charge is 2.22. The van der Waals surface area contributed by atoms with E-state index in [1.54, 1.807) is 38.1 Å². The van der Waals surface area contributed by atoms with E-state index in [0.29, 0.717) is 27.7 Å². The summed E-state index contributed by atoms with van der Waals surface area (Å²) in [4.78, 5) is 14.5. The molecule has 0 fully saturated rings. The number of rotatable bonds is 8. The lowest BCUT2D eigenvalue weighted by Gasteiger charge is -2.09. The molecule has 0 aliphatic heterocycles. The fourth-order valence-electron chi connectivity index (χ4n) is 3.30. The lowest BCUT2D eigenvalue weighted by molar-refractivity contribution is 0.0475. The fraction of sp³-hybridized carbons (Fsp3) is 0.154. The van der Waals surface area contributed by atoms with Gasteiger partial charge in [-0.25, -0.2) is 4.79 Å². The summed E-state index contributed by atoms with van der Waals surface area (Å²) in [6.45, 7) is 0.209. The zero-order valence-corrected chi connectivity index (χ0v) is 19.8. The number of benzene rings is 3. The van der Waals surface area contributed by atoms with Gasteiger partial charge in [-0.3, -0.25) is 0 Å². The molecule has 0 atom stereocenters. The molecule has 0 aliphatic carbocycles. The van der Waals surface area contributed by atoms with Crippen LogP contribution in [0.4, 0.5) is 0 Å². The molecule has 0 saturated heterocycles. The molecule has 0 saturated carbocycles. The summed E-state index contributed by atoms with van der Waals surface area (Å²) in [7, 11) is 3.18. The standard InChI is InChI=1S/C26H21NO4S2/c1-29-21-12-20-23(13-22(21)30-2)33-25(26(28)31-15-18-6-4-3-5-7-18)24(20)32-16-19-10-8-17(14-27)9-11-19/h3-13H,15-16H2,1-2H3. The Morgan fingerprint density at radius 1 is 0.970 bits per heavy atom. The van der Waals surface area contributed by atoms with Gasteiger partial charge in [-0.1, -0.05) is 42.5 Å². The maximum absolute atomic E-state index is 13.1. The van der Waals surface area contributed by atoms with Crippen molar-refractivity contribution < 1.29 is 19.0 Å². The minimum absolute atomic E-state index is 0.209. The molecule has 0 radical (unpaired) electrons. The number of esters is 1. The van der Waals surface area contributed by atoms with Crippen molar-refractivity contribution in [2.75, 3.05) is 14.2 Å². The molecule has 1 aromatic heterocycles. The molecule has 1 heterocycles. The van der Waals surface area contributed by atoms with E-state index in [1.807, 2.05) is 54.6 Å². The van der Waals surface area contributed by atoms with Gasteiger partial charge in [0.05, 0.1) is 25.9 Å². The number of thioether (sulfide) groups is 1. The SMILES string of the molecule is COc1cc2sc(C(=O)OCc3ccccc3)c(SCc3ccc(C#N)cc3)c2cc1OC. The molecule has 0 aliphatic rings. The van der Waals surface area contributed by atoms with E-state index in [1.165, 1.54) is 11.3 Å². The van der Waals surface area contributed by atoms with Crippen LogP contribution in [0.3, 0.4) is 0 Å². The van der Waals surface area contributed by atoms with Gasteiger partial charge in [0.25, 0.3) is 0 Å². The predicted molar refractivity (Wildman–Crippen MR) is 131 cm³/mol. The Morgan fingerprint density at radius 2 is 1.67 bits per heavy atom. The zero-order chi connectivity index (χ0) is 23.2. The summed E-state index contributed by atoms with van der Waals surface area (Å²) in [6, 6.07) is 23.0. The van der Waals surface area contributed by atoms with Crippen LogP contribution in [0.5, 0.6) is 11.5 Å². The van der Waals surface area contributed by atoms with Gasteiger partial charge in [0.2, 0.25) is 0 Å². The molecule has 4 rings (SSSR count). The van der Waals surface area contributed by atoms with Crippen LogP contribution in [-0.4, -0.2) is 20.2 Å². The van der Waals surface area contributed by atoms with Gasteiger partial charge in [-0.15, -0.1) is 23.1 Å². The third-order valence-corrected chi connectivity index (χ3v) is 7.47. The second-order valence-corrected chi connectivity index (χ2v) is 9.16. The lowest BCUT2D eigenvalue weighted by Crippen LogP contribution is -2.04. The summed E-state index contributed by atoms with van der Waals surface area (Å²) in [5.74, 6) is 1.50. The van der Waals surface area contributed by atoms with E-state index in [9.17, 15) is 4.79 Å². The van der Waals surface area contributed by atoms with Crippen molar-refractivity contribution in [2.24, 2.45) is 0 Å². The van der Waals surface area contributed by atoms with E-state index in [4.69, 9.17) is 19.5 Å². The molecule has 0 unspecified atom stereocenters. The number of nitriles is 1. The number of thiophene rings is 1.